The van der Waals surface area contributed by atoms with Crippen LogP contribution in [0.3, 0.4) is 0 Å². The van der Waals surface area contributed by atoms with Gasteiger partial charge in [0.05, 0.1) is 0 Å². The van der Waals surface area contributed by atoms with Crippen molar-refractivity contribution in [2.45, 2.75) is 0 Å². The van der Waals surface area contributed by atoms with Crippen molar-refractivity contribution >= 4 is 16.1 Å². The van der Waals surface area contributed by atoms with Crippen molar-refractivity contribution in [1.29, 1.82) is 0 Å². The fourth-order valence-corrected chi connectivity index (χ4v) is 0.453. The standard InChI is InChI=1S/C6H7N.Na.H2O4S/c7-6-4-2-1-3-5-6;;1-5(2,3)4/h1-5H,7H2;;(H2,1,2,3,4)/q;+1;/p-1. The first-order chi connectivity index (χ1) is 5.39. The average molecular weight is 213 g/mol. The molecule has 0 aliphatic rings. The molecule has 1 aromatic rings. The Morgan fingerprint density at radius 1 is 1.23 bits per heavy atom. The van der Waals surface area contributed by atoms with Crippen molar-refractivity contribution in [1.82, 2.24) is 0 Å². The van der Waals surface area contributed by atoms with E-state index in [1.807, 2.05) is 30.3 Å². The molecule has 0 heterocycles. The number of nitrogen functional groups attached to an aromatic ring is 1. The molecule has 0 atom stereocenters. The van der Waals surface area contributed by atoms with Crippen molar-refractivity contribution in [3.63, 3.8) is 0 Å². The average Bonchev–Trinajstić information content (AvgIpc) is 1.85. The molecule has 3 N–H and O–H groups in total. The molecule has 0 amide bonds. The summed E-state index contributed by atoms with van der Waals surface area (Å²) in [5.41, 5.74) is 6.18. The van der Waals surface area contributed by atoms with Crippen LogP contribution in [-0.4, -0.2) is 17.5 Å². The van der Waals surface area contributed by atoms with Gasteiger partial charge in [0.1, 0.15) is 0 Å². The van der Waals surface area contributed by atoms with Crippen molar-refractivity contribution in [3.05, 3.63) is 30.3 Å². The molecule has 0 spiro atoms. The Morgan fingerprint density at radius 2 is 1.54 bits per heavy atom. The van der Waals surface area contributed by atoms with E-state index in [0.29, 0.717) is 0 Å². The zero-order valence-corrected chi connectivity index (χ0v) is 9.86. The van der Waals surface area contributed by atoms with Crippen LogP contribution in [0.25, 0.3) is 0 Å². The minimum absolute atomic E-state index is 0. The van der Waals surface area contributed by atoms with E-state index in [1.54, 1.807) is 0 Å². The Bertz CT molecular complexity index is 305. The van der Waals surface area contributed by atoms with Crippen LogP contribution in [0.4, 0.5) is 5.69 Å². The first-order valence-electron chi connectivity index (χ1n) is 2.88. The van der Waals surface area contributed by atoms with Gasteiger partial charge in [-0.05, 0) is 12.1 Å². The maximum atomic E-state index is 8.63. The number of nitrogens with two attached hydrogens (primary N) is 1. The van der Waals surface area contributed by atoms with Gasteiger partial charge in [0.2, 0.25) is 10.4 Å². The largest absolute Gasteiger partial charge is 1.00 e. The monoisotopic (exact) mass is 213 g/mol. The van der Waals surface area contributed by atoms with Crippen molar-refractivity contribution < 1.29 is 47.1 Å². The number of para-hydroxylation sites is 1. The van der Waals surface area contributed by atoms with Gasteiger partial charge in [-0.3, -0.25) is 4.55 Å². The predicted octanol–water partition coefficient (Wildman–Crippen LogP) is -2.72. The van der Waals surface area contributed by atoms with Crippen LogP contribution >= 0.6 is 0 Å². The van der Waals surface area contributed by atoms with Gasteiger partial charge in [-0.2, -0.15) is 0 Å². The van der Waals surface area contributed by atoms with Crippen LogP contribution in [0, 0.1) is 0 Å². The molecule has 0 aliphatic heterocycles. The number of rotatable bonds is 0. The van der Waals surface area contributed by atoms with Crippen LogP contribution in [-0.2, 0) is 10.4 Å². The van der Waals surface area contributed by atoms with E-state index in [9.17, 15) is 0 Å². The molecule has 13 heavy (non-hydrogen) atoms. The number of benzene rings is 1. The summed E-state index contributed by atoms with van der Waals surface area (Å²) in [5, 5.41) is 0. The molecule has 0 saturated carbocycles. The zero-order chi connectivity index (χ0) is 9.61. The van der Waals surface area contributed by atoms with Gasteiger partial charge in [0, 0.05) is 5.69 Å². The normalized spacial score (nSPS) is 9.08. The maximum absolute atomic E-state index is 8.63. The van der Waals surface area contributed by atoms with Crippen LogP contribution in [0.5, 0.6) is 0 Å². The van der Waals surface area contributed by atoms with Gasteiger partial charge >= 0.3 is 29.6 Å². The quantitative estimate of drug-likeness (QED) is 0.211. The zero-order valence-electron chi connectivity index (χ0n) is 7.04. The van der Waals surface area contributed by atoms with Crippen LogP contribution in [0.2, 0.25) is 0 Å². The number of hydrogen-bond acceptors (Lipinski definition) is 4. The summed E-state index contributed by atoms with van der Waals surface area (Å²) in [6.45, 7) is 0. The van der Waals surface area contributed by atoms with Gasteiger partial charge in [-0.15, -0.1) is 0 Å². The molecule has 0 saturated heterocycles. The summed E-state index contributed by atoms with van der Waals surface area (Å²) in [6.07, 6.45) is 0. The van der Waals surface area contributed by atoms with Crippen molar-refractivity contribution in [3.8, 4) is 0 Å². The van der Waals surface area contributed by atoms with Gasteiger partial charge in [0.25, 0.3) is 0 Å². The second-order valence-electron chi connectivity index (χ2n) is 1.84. The summed E-state index contributed by atoms with van der Waals surface area (Å²) < 4.78 is 32.8. The summed E-state index contributed by atoms with van der Waals surface area (Å²) >= 11 is 0. The molecular formula is C6H8NNaO4S. The van der Waals surface area contributed by atoms with Crippen LogP contribution in [0.15, 0.2) is 30.3 Å². The molecule has 0 aromatic heterocycles. The molecule has 7 heteroatoms. The van der Waals surface area contributed by atoms with E-state index >= 15 is 0 Å². The van der Waals surface area contributed by atoms with E-state index in [4.69, 9.17) is 23.3 Å². The number of anilines is 1. The van der Waals surface area contributed by atoms with Crippen molar-refractivity contribution in [2.75, 3.05) is 5.73 Å². The topological polar surface area (TPSA) is 103 Å². The summed E-state index contributed by atoms with van der Waals surface area (Å²) in [6, 6.07) is 9.49. The van der Waals surface area contributed by atoms with Gasteiger partial charge in [-0.1, -0.05) is 18.2 Å². The van der Waals surface area contributed by atoms with Crippen LogP contribution in [0.1, 0.15) is 0 Å². The molecule has 0 bridgehead atoms. The fourth-order valence-electron chi connectivity index (χ4n) is 0.453. The Kier molecular flexibility index (Phi) is 8.64. The molecule has 0 radical (unpaired) electrons. The molecule has 68 valence electrons. The van der Waals surface area contributed by atoms with E-state index in [0.717, 1.165) is 5.69 Å². The first kappa shape index (κ1) is 15.4. The molecule has 1 aromatic carbocycles. The fraction of sp³-hybridized carbons (Fsp3) is 0. The molecule has 5 nitrogen and oxygen atoms in total. The molecule has 1 rings (SSSR count). The van der Waals surface area contributed by atoms with Gasteiger partial charge in [0.15, 0.2) is 0 Å². The molecular weight excluding hydrogens is 205 g/mol. The second-order valence-corrected chi connectivity index (χ2v) is 2.69. The Labute approximate surface area is 98.8 Å². The van der Waals surface area contributed by atoms with E-state index in [1.165, 1.54) is 0 Å². The third-order valence-corrected chi connectivity index (χ3v) is 0.800. The minimum atomic E-state index is -4.92. The summed E-state index contributed by atoms with van der Waals surface area (Å²) in [5.74, 6) is 0. The Hall–Kier alpha value is -0.110. The summed E-state index contributed by atoms with van der Waals surface area (Å²) in [4.78, 5) is 0. The second kappa shape index (κ2) is 7.31. The third-order valence-electron chi connectivity index (χ3n) is 0.800. The molecule has 0 fully saturated rings. The maximum Gasteiger partial charge on any atom is 1.00 e. The minimum Gasteiger partial charge on any atom is -0.726 e. The predicted molar refractivity (Wildman–Crippen MR) is 43.2 cm³/mol. The van der Waals surface area contributed by atoms with Gasteiger partial charge in [-0.25, -0.2) is 8.42 Å². The first-order valence-corrected chi connectivity index (χ1v) is 4.25. The molecule has 0 aliphatic carbocycles. The van der Waals surface area contributed by atoms with E-state index in [2.05, 4.69) is 0 Å². The van der Waals surface area contributed by atoms with Crippen molar-refractivity contribution in [2.24, 2.45) is 0 Å². The third kappa shape index (κ3) is 18.7. The number of hydrogen-bond donors (Lipinski definition) is 2. The van der Waals surface area contributed by atoms with Crippen LogP contribution < -0.4 is 35.3 Å². The van der Waals surface area contributed by atoms with Gasteiger partial charge < -0.3 is 10.3 Å². The smallest absolute Gasteiger partial charge is 0.726 e. The van der Waals surface area contributed by atoms with E-state index < -0.39 is 10.4 Å². The Morgan fingerprint density at radius 3 is 1.69 bits per heavy atom. The van der Waals surface area contributed by atoms with E-state index in [-0.39, 0.29) is 29.6 Å². The molecule has 0 unspecified atom stereocenters. The Balaban J connectivity index is 0. The summed E-state index contributed by atoms with van der Waals surface area (Å²) in [7, 11) is -4.92. The SMILES string of the molecule is Nc1ccccc1.O=S(=O)([O-])O.[Na+].